The van der Waals surface area contributed by atoms with E-state index in [2.05, 4.69) is 27.0 Å². The van der Waals surface area contributed by atoms with Crippen LogP contribution in [0.3, 0.4) is 0 Å². The van der Waals surface area contributed by atoms with Gasteiger partial charge in [-0.2, -0.15) is 0 Å². The molecule has 0 spiro atoms. The van der Waals surface area contributed by atoms with Crippen molar-refractivity contribution >= 4 is 27.8 Å². The number of thiophene rings is 1. The van der Waals surface area contributed by atoms with Gasteiger partial charge in [0, 0.05) is 4.88 Å². The monoisotopic (exact) mass is 237 g/mol. The van der Waals surface area contributed by atoms with Gasteiger partial charge in [0.25, 0.3) is 0 Å². The summed E-state index contributed by atoms with van der Waals surface area (Å²) >= 11 is 3.43. The average molecular weight is 237 g/mol. The standard InChI is InChI=1S/C10H11N3S2/c1-2-8(12-10-13-11-6-15-10)7-4-5-14-9(7)3-1/h4-6,8H,1-3H2,(H,12,13). The predicted molar refractivity (Wildman–Crippen MR) is 63.5 cm³/mol. The summed E-state index contributed by atoms with van der Waals surface area (Å²) < 4.78 is 0. The molecule has 78 valence electrons. The largest absolute Gasteiger partial charge is 0.353 e. The number of hydrogen-bond acceptors (Lipinski definition) is 5. The fourth-order valence-corrected chi connectivity index (χ4v) is 3.51. The van der Waals surface area contributed by atoms with Gasteiger partial charge in [-0.05, 0) is 36.3 Å². The van der Waals surface area contributed by atoms with Crippen LogP contribution in [0.2, 0.25) is 0 Å². The normalized spacial score (nSPS) is 19.9. The van der Waals surface area contributed by atoms with Gasteiger partial charge in [0.1, 0.15) is 5.51 Å². The number of nitrogens with zero attached hydrogens (tertiary/aromatic N) is 2. The summed E-state index contributed by atoms with van der Waals surface area (Å²) in [6.07, 6.45) is 3.70. The summed E-state index contributed by atoms with van der Waals surface area (Å²) in [7, 11) is 0. The predicted octanol–water partition coefficient (Wildman–Crippen LogP) is 3.09. The Bertz CT molecular complexity index is 435. The van der Waals surface area contributed by atoms with E-state index in [4.69, 9.17) is 0 Å². The molecule has 0 amide bonds. The second kappa shape index (κ2) is 3.90. The van der Waals surface area contributed by atoms with Gasteiger partial charge < -0.3 is 5.32 Å². The van der Waals surface area contributed by atoms with Crippen LogP contribution in [0.1, 0.15) is 29.3 Å². The molecule has 15 heavy (non-hydrogen) atoms. The second-order valence-electron chi connectivity index (χ2n) is 3.63. The first-order chi connectivity index (χ1) is 7.43. The molecular weight excluding hydrogens is 226 g/mol. The van der Waals surface area contributed by atoms with Gasteiger partial charge in [-0.15, -0.1) is 21.5 Å². The van der Waals surface area contributed by atoms with E-state index in [1.54, 1.807) is 16.8 Å². The van der Waals surface area contributed by atoms with Gasteiger partial charge in [-0.1, -0.05) is 11.3 Å². The first-order valence-corrected chi connectivity index (χ1v) is 6.78. The van der Waals surface area contributed by atoms with E-state index in [-0.39, 0.29) is 0 Å². The summed E-state index contributed by atoms with van der Waals surface area (Å²) in [4.78, 5) is 1.53. The Kier molecular flexibility index (Phi) is 2.42. The minimum Gasteiger partial charge on any atom is -0.353 e. The lowest BCUT2D eigenvalue weighted by Gasteiger charge is -2.22. The summed E-state index contributed by atoms with van der Waals surface area (Å²) in [5, 5.41) is 14.4. The number of nitrogens with one attached hydrogen (secondary N) is 1. The van der Waals surface area contributed by atoms with Crippen molar-refractivity contribution in [3.63, 3.8) is 0 Å². The Labute approximate surface area is 96.2 Å². The number of aromatic nitrogens is 2. The number of aryl methyl sites for hydroxylation is 1. The topological polar surface area (TPSA) is 37.8 Å². The summed E-state index contributed by atoms with van der Waals surface area (Å²) in [6.45, 7) is 0. The zero-order valence-corrected chi connectivity index (χ0v) is 9.77. The van der Waals surface area contributed by atoms with Crippen molar-refractivity contribution in [1.82, 2.24) is 10.2 Å². The molecule has 3 rings (SSSR count). The van der Waals surface area contributed by atoms with Gasteiger partial charge in [0.05, 0.1) is 6.04 Å². The molecule has 1 N–H and O–H groups in total. The molecule has 5 heteroatoms. The van der Waals surface area contributed by atoms with E-state index in [0.717, 1.165) is 5.13 Å². The van der Waals surface area contributed by atoms with Crippen LogP contribution in [-0.2, 0) is 6.42 Å². The van der Waals surface area contributed by atoms with E-state index in [9.17, 15) is 0 Å². The number of rotatable bonds is 2. The van der Waals surface area contributed by atoms with Crippen molar-refractivity contribution in [2.75, 3.05) is 5.32 Å². The maximum Gasteiger partial charge on any atom is 0.205 e. The van der Waals surface area contributed by atoms with E-state index < -0.39 is 0 Å². The van der Waals surface area contributed by atoms with Crippen molar-refractivity contribution < 1.29 is 0 Å². The molecule has 3 nitrogen and oxygen atoms in total. The zero-order chi connectivity index (χ0) is 10.1. The average Bonchev–Trinajstić information content (AvgIpc) is 2.87. The molecule has 0 saturated carbocycles. The highest BCUT2D eigenvalue weighted by atomic mass is 32.1. The third kappa shape index (κ3) is 1.77. The van der Waals surface area contributed by atoms with E-state index >= 15 is 0 Å². The fraction of sp³-hybridized carbons (Fsp3) is 0.400. The lowest BCUT2D eigenvalue weighted by molar-refractivity contribution is 0.608. The lowest BCUT2D eigenvalue weighted by atomic mass is 9.94. The smallest absolute Gasteiger partial charge is 0.205 e. The maximum absolute atomic E-state index is 4.03. The van der Waals surface area contributed by atoms with E-state index in [0.29, 0.717) is 6.04 Å². The van der Waals surface area contributed by atoms with Crippen LogP contribution >= 0.6 is 22.7 Å². The molecule has 0 radical (unpaired) electrons. The SMILES string of the molecule is c1nnc(NC2CCCc3sccc32)s1. The highest BCUT2D eigenvalue weighted by Crippen LogP contribution is 2.35. The van der Waals surface area contributed by atoms with E-state index in [1.807, 2.05) is 11.3 Å². The molecule has 0 fully saturated rings. The molecule has 2 heterocycles. The number of fused-ring (bicyclic) bond motifs is 1. The Morgan fingerprint density at radius 1 is 1.40 bits per heavy atom. The van der Waals surface area contributed by atoms with E-state index in [1.165, 1.54) is 29.7 Å². The Morgan fingerprint density at radius 3 is 3.27 bits per heavy atom. The second-order valence-corrected chi connectivity index (χ2v) is 5.47. The van der Waals surface area contributed by atoms with Crippen molar-refractivity contribution in [2.24, 2.45) is 0 Å². The Hall–Kier alpha value is -0.940. The third-order valence-corrected chi connectivity index (χ3v) is 4.33. The fourth-order valence-electron chi connectivity index (χ4n) is 2.02. The highest BCUT2D eigenvalue weighted by Gasteiger charge is 2.21. The summed E-state index contributed by atoms with van der Waals surface area (Å²) in [5.41, 5.74) is 3.22. The third-order valence-electron chi connectivity index (χ3n) is 2.71. The van der Waals surface area contributed by atoms with Crippen molar-refractivity contribution in [1.29, 1.82) is 0 Å². The molecule has 0 saturated heterocycles. The van der Waals surface area contributed by atoms with Gasteiger partial charge in [0.15, 0.2) is 0 Å². The lowest BCUT2D eigenvalue weighted by Crippen LogP contribution is -2.15. The first-order valence-electron chi connectivity index (χ1n) is 5.02. The van der Waals surface area contributed by atoms with Crippen molar-refractivity contribution in [2.45, 2.75) is 25.3 Å². The summed E-state index contributed by atoms with van der Waals surface area (Å²) in [5.74, 6) is 0. The molecule has 2 aromatic rings. The quantitative estimate of drug-likeness (QED) is 0.872. The molecule has 0 aromatic carbocycles. The van der Waals surface area contributed by atoms with Gasteiger partial charge in [-0.3, -0.25) is 0 Å². The zero-order valence-electron chi connectivity index (χ0n) is 8.14. The molecule has 1 aliphatic rings. The van der Waals surface area contributed by atoms with Crippen LogP contribution in [0.25, 0.3) is 0 Å². The van der Waals surface area contributed by atoms with Gasteiger partial charge >= 0.3 is 0 Å². The van der Waals surface area contributed by atoms with Crippen LogP contribution in [-0.4, -0.2) is 10.2 Å². The van der Waals surface area contributed by atoms with Crippen LogP contribution in [0.4, 0.5) is 5.13 Å². The molecule has 0 aliphatic heterocycles. The van der Waals surface area contributed by atoms with Gasteiger partial charge in [-0.25, -0.2) is 0 Å². The molecule has 2 aromatic heterocycles. The van der Waals surface area contributed by atoms with Crippen LogP contribution < -0.4 is 5.32 Å². The number of anilines is 1. The van der Waals surface area contributed by atoms with Crippen LogP contribution in [0.15, 0.2) is 17.0 Å². The van der Waals surface area contributed by atoms with Crippen LogP contribution in [0.5, 0.6) is 0 Å². The van der Waals surface area contributed by atoms with Gasteiger partial charge in [0.2, 0.25) is 5.13 Å². The van der Waals surface area contributed by atoms with Crippen molar-refractivity contribution in [3.05, 3.63) is 27.4 Å². The Balaban J connectivity index is 1.84. The molecule has 0 bridgehead atoms. The molecule has 1 atom stereocenters. The highest BCUT2D eigenvalue weighted by molar-refractivity contribution is 7.13. The summed E-state index contributed by atoms with van der Waals surface area (Å²) in [6, 6.07) is 2.67. The molecule has 1 aliphatic carbocycles. The minimum atomic E-state index is 0.438. The molecule has 1 unspecified atom stereocenters. The van der Waals surface area contributed by atoms with Crippen LogP contribution in [0, 0.1) is 0 Å². The number of hydrogen-bond donors (Lipinski definition) is 1. The first kappa shape index (κ1) is 9.30. The maximum atomic E-state index is 4.03. The van der Waals surface area contributed by atoms with Crippen molar-refractivity contribution in [3.8, 4) is 0 Å². The Morgan fingerprint density at radius 2 is 2.40 bits per heavy atom. The molecular formula is C10H11N3S2. The minimum absolute atomic E-state index is 0.438.